The normalized spacial score (nSPS) is 10.2. The van der Waals surface area contributed by atoms with Gasteiger partial charge in [0.1, 0.15) is 0 Å². The van der Waals surface area contributed by atoms with Crippen molar-refractivity contribution in [3.63, 3.8) is 0 Å². The first kappa shape index (κ1) is 22.9. The third-order valence-corrected chi connectivity index (χ3v) is 4.35. The second-order valence-electron chi connectivity index (χ2n) is 6.93. The highest BCUT2D eigenvalue weighted by Gasteiger charge is 2.07. The fourth-order valence-electron chi connectivity index (χ4n) is 2.85. The van der Waals surface area contributed by atoms with E-state index in [0.29, 0.717) is 35.6 Å². The molecule has 0 spiro atoms. The number of rotatable bonds is 11. The van der Waals surface area contributed by atoms with Crippen LogP contribution in [0.15, 0.2) is 48.5 Å². The minimum absolute atomic E-state index is 0.0272. The average molecular weight is 411 g/mol. The van der Waals surface area contributed by atoms with Gasteiger partial charge in [0, 0.05) is 35.6 Å². The Morgan fingerprint density at radius 3 is 2.17 bits per heavy atom. The summed E-state index contributed by atoms with van der Waals surface area (Å²) in [6, 6.07) is 14.0. The molecular weight excluding hydrogens is 380 g/mol. The van der Waals surface area contributed by atoms with Crippen LogP contribution in [0.3, 0.4) is 0 Å². The van der Waals surface area contributed by atoms with E-state index in [2.05, 4.69) is 28.2 Å². The van der Waals surface area contributed by atoms with Gasteiger partial charge in [-0.1, -0.05) is 31.9 Å². The molecule has 0 radical (unpaired) electrons. The number of hydrogen-bond donors (Lipinski definition) is 4. The fourth-order valence-corrected chi connectivity index (χ4v) is 2.85. The molecule has 7 heteroatoms. The van der Waals surface area contributed by atoms with Gasteiger partial charge in [-0.3, -0.25) is 14.4 Å². The van der Waals surface area contributed by atoms with Crippen LogP contribution in [0.25, 0.3) is 0 Å². The molecule has 0 saturated carbocycles. The van der Waals surface area contributed by atoms with Gasteiger partial charge in [0.15, 0.2) is 0 Å². The maximum absolute atomic E-state index is 12.3. The average Bonchev–Trinajstić information content (AvgIpc) is 2.73. The monoisotopic (exact) mass is 410 g/mol. The largest absolute Gasteiger partial charge is 0.376 e. The molecule has 7 nitrogen and oxygen atoms in total. The Balaban J connectivity index is 1.86. The van der Waals surface area contributed by atoms with Crippen LogP contribution in [0.1, 0.15) is 49.9 Å². The van der Waals surface area contributed by atoms with Gasteiger partial charge in [0.25, 0.3) is 5.91 Å². The van der Waals surface area contributed by atoms with Gasteiger partial charge in [0.05, 0.1) is 6.54 Å². The van der Waals surface area contributed by atoms with E-state index in [1.165, 1.54) is 0 Å². The SMILES string of the molecule is CCCCCC(=O)Nc1cccc(NC(=O)CNc2cccc(C(=O)NCC)c2)c1. The van der Waals surface area contributed by atoms with Crippen LogP contribution in [0.5, 0.6) is 0 Å². The predicted molar refractivity (Wildman–Crippen MR) is 121 cm³/mol. The summed E-state index contributed by atoms with van der Waals surface area (Å²) >= 11 is 0. The summed E-state index contributed by atoms with van der Waals surface area (Å²) in [7, 11) is 0. The third-order valence-electron chi connectivity index (χ3n) is 4.35. The molecular formula is C23H30N4O3. The molecule has 0 heterocycles. The zero-order valence-corrected chi connectivity index (χ0v) is 17.6. The van der Waals surface area contributed by atoms with Crippen molar-refractivity contribution in [1.29, 1.82) is 0 Å². The number of benzene rings is 2. The number of carbonyl (C=O) groups excluding carboxylic acids is 3. The van der Waals surface area contributed by atoms with E-state index in [1.54, 1.807) is 48.5 Å². The van der Waals surface area contributed by atoms with E-state index in [0.717, 1.165) is 19.3 Å². The molecule has 2 aromatic carbocycles. The highest BCUT2D eigenvalue weighted by atomic mass is 16.2. The maximum atomic E-state index is 12.3. The van der Waals surface area contributed by atoms with Gasteiger partial charge < -0.3 is 21.3 Å². The van der Waals surface area contributed by atoms with Gasteiger partial charge >= 0.3 is 0 Å². The molecule has 160 valence electrons. The molecule has 2 rings (SSSR count). The second-order valence-corrected chi connectivity index (χ2v) is 6.93. The summed E-state index contributed by atoms with van der Waals surface area (Å²) in [6.07, 6.45) is 3.46. The van der Waals surface area contributed by atoms with Crippen LogP contribution >= 0.6 is 0 Å². The van der Waals surface area contributed by atoms with Crippen molar-refractivity contribution in [2.45, 2.75) is 39.5 Å². The number of carbonyl (C=O) groups is 3. The van der Waals surface area contributed by atoms with Gasteiger partial charge in [-0.2, -0.15) is 0 Å². The van der Waals surface area contributed by atoms with Gasteiger partial charge in [-0.05, 0) is 49.7 Å². The highest BCUT2D eigenvalue weighted by molar-refractivity contribution is 5.97. The van der Waals surface area contributed by atoms with E-state index < -0.39 is 0 Å². The number of hydrogen-bond acceptors (Lipinski definition) is 4. The highest BCUT2D eigenvalue weighted by Crippen LogP contribution is 2.16. The topological polar surface area (TPSA) is 99.3 Å². The van der Waals surface area contributed by atoms with Crippen LogP contribution in [0.4, 0.5) is 17.1 Å². The Morgan fingerprint density at radius 2 is 1.47 bits per heavy atom. The Kier molecular flexibility index (Phi) is 9.37. The quantitative estimate of drug-likeness (QED) is 0.421. The van der Waals surface area contributed by atoms with Gasteiger partial charge in [0.2, 0.25) is 11.8 Å². The molecule has 0 aliphatic carbocycles. The Morgan fingerprint density at radius 1 is 0.800 bits per heavy atom. The summed E-state index contributed by atoms with van der Waals surface area (Å²) in [4.78, 5) is 36.1. The number of unbranched alkanes of at least 4 members (excludes halogenated alkanes) is 2. The summed E-state index contributed by atoms with van der Waals surface area (Å²) in [5.74, 6) is -0.412. The summed E-state index contributed by atoms with van der Waals surface area (Å²) in [6.45, 7) is 4.56. The molecule has 0 unspecified atom stereocenters. The minimum atomic E-state index is -0.232. The standard InChI is InChI=1S/C23H30N4O3/c1-3-5-6-13-21(28)26-19-11-8-12-20(15-19)27-22(29)16-25-18-10-7-9-17(14-18)23(30)24-4-2/h7-12,14-15,25H,3-6,13,16H2,1-2H3,(H,24,30)(H,26,28)(H,27,29). The van der Waals surface area contributed by atoms with E-state index in [1.807, 2.05) is 6.92 Å². The lowest BCUT2D eigenvalue weighted by atomic mass is 10.2. The van der Waals surface area contributed by atoms with E-state index in [4.69, 9.17) is 0 Å². The molecule has 30 heavy (non-hydrogen) atoms. The lowest BCUT2D eigenvalue weighted by molar-refractivity contribution is -0.116. The molecule has 0 aliphatic rings. The van der Waals surface area contributed by atoms with Crippen molar-refractivity contribution >= 4 is 34.8 Å². The van der Waals surface area contributed by atoms with Crippen molar-refractivity contribution < 1.29 is 14.4 Å². The third kappa shape index (κ3) is 7.95. The predicted octanol–water partition coefficient (Wildman–Crippen LogP) is 4.01. The van der Waals surface area contributed by atoms with Crippen LogP contribution in [0, 0.1) is 0 Å². The van der Waals surface area contributed by atoms with Crippen LogP contribution in [0.2, 0.25) is 0 Å². The maximum Gasteiger partial charge on any atom is 0.251 e. The molecule has 3 amide bonds. The zero-order valence-electron chi connectivity index (χ0n) is 17.6. The Labute approximate surface area is 177 Å². The summed E-state index contributed by atoms with van der Waals surface area (Å²) in [5.41, 5.74) is 2.47. The molecule has 0 saturated heterocycles. The minimum Gasteiger partial charge on any atom is -0.376 e. The molecule has 0 bridgehead atoms. The van der Waals surface area contributed by atoms with Crippen molar-refractivity contribution in [1.82, 2.24) is 5.32 Å². The number of anilines is 3. The molecule has 0 fully saturated rings. The molecule has 4 N–H and O–H groups in total. The van der Waals surface area contributed by atoms with Crippen molar-refractivity contribution in [2.75, 3.05) is 29.0 Å². The lowest BCUT2D eigenvalue weighted by Gasteiger charge is -2.11. The van der Waals surface area contributed by atoms with Gasteiger partial charge in [-0.25, -0.2) is 0 Å². The Bertz CT molecular complexity index is 867. The van der Waals surface area contributed by atoms with Crippen molar-refractivity contribution in [3.8, 4) is 0 Å². The molecule has 0 aliphatic heterocycles. The van der Waals surface area contributed by atoms with Crippen LogP contribution in [-0.4, -0.2) is 30.8 Å². The number of amides is 3. The number of nitrogens with one attached hydrogen (secondary N) is 4. The van der Waals surface area contributed by atoms with Crippen LogP contribution < -0.4 is 21.3 Å². The molecule has 2 aromatic rings. The van der Waals surface area contributed by atoms with Crippen molar-refractivity contribution in [2.24, 2.45) is 0 Å². The summed E-state index contributed by atoms with van der Waals surface area (Å²) in [5, 5.41) is 11.4. The first-order valence-electron chi connectivity index (χ1n) is 10.3. The zero-order chi connectivity index (χ0) is 21.8. The van der Waals surface area contributed by atoms with E-state index in [9.17, 15) is 14.4 Å². The second kappa shape index (κ2) is 12.3. The smallest absolute Gasteiger partial charge is 0.251 e. The first-order chi connectivity index (χ1) is 14.5. The van der Waals surface area contributed by atoms with Crippen LogP contribution in [-0.2, 0) is 9.59 Å². The fraction of sp³-hybridized carbons (Fsp3) is 0.348. The molecule has 0 aromatic heterocycles. The van der Waals surface area contributed by atoms with E-state index >= 15 is 0 Å². The van der Waals surface area contributed by atoms with E-state index in [-0.39, 0.29) is 24.3 Å². The lowest BCUT2D eigenvalue weighted by Crippen LogP contribution is -2.23. The summed E-state index contributed by atoms with van der Waals surface area (Å²) < 4.78 is 0. The van der Waals surface area contributed by atoms with Crippen molar-refractivity contribution in [3.05, 3.63) is 54.1 Å². The first-order valence-corrected chi connectivity index (χ1v) is 10.3. The van der Waals surface area contributed by atoms with Gasteiger partial charge in [-0.15, -0.1) is 0 Å². The Hall–Kier alpha value is -3.35. The molecule has 0 atom stereocenters.